The maximum atomic E-state index is 11.6. The summed E-state index contributed by atoms with van der Waals surface area (Å²) < 4.78 is 4.75. The normalized spacial score (nSPS) is 22.5. The molecule has 1 N–H and O–H groups in total. The number of piperidine rings is 1. The van der Waals surface area contributed by atoms with Crippen LogP contribution in [0.25, 0.3) is 0 Å². The van der Waals surface area contributed by atoms with Crippen LogP contribution in [0.2, 0.25) is 0 Å². The van der Waals surface area contributed by atoms with Crippen molar-refractivity contribution in [2.75, 3.05) is 27.2 Å². The van der Waals surface area contributed by atoms with Crippen LogP contribution in [0.5, 0.6) is 0 Å². The van der Waals surface area contributed by atoms with E-state index in [1.54, 1.807) is 13.8 Å². The largest absolute Gasteiger partial charge is 0.469 e. The highest BCUT2D eigenvalue weighted by atomic mass is 16.5. The predicted octanol–water partition coefficient (Wildman–Crippen LogP) is 0.642. The van der Waals surface area contributed by atoms with Crippen LogP contribution in [0.15, 0.2) is 0 Å². The van der Waals surface area contributed by atoms with E-state index < -0.39 is 11.0 Å². The molecule has 1 aliphatic heterocycles. The van der Waals surface area contributed by atoms with Crippen LogP contribution in [-0.4, -0.2) is 48.8 Å². The van der Waals surface area contributed by atoms with Crippen molar-refractivity contribution < 1.29 is 14.6 Å². The van der Waals surface area contributed by atoms with Gasteiger partial charge in [0.15, 0.2) is 0 Å². The molecular weight excluding hydrogens is 194 g/mol. The van der Waals surface area contributed by atoms with E-state index in [-0.39, 0.29) is 5.97 Å². The minimum Gasteiger partial charge on any atom is -0.469 e. The van der Waals surface area contributed by atoms with E-state index in [1.807, 2.05) is 7.05 Å². The summed E-state index contributed by atoms with van der Waals surface area (Å²) in [5.41, 5.74) is -1.77. The minimum absolute atomic E-state index is 0.338. The van der Waals surface area contributed by atoms with Crippen LogP contribution >= 0.6 is 0 Å². The molecule has 4 heteroatoms. The van der Waals surface area contributed by atoms with Crippen LogP contribution in [0.3, 0.4) is 0 Å². The lowest BCUT2D eigenvalue weighted by Gasteiger charge is -2.45. The third kappa shape index (κ3) is 2.16. The summed E-state index contributed by atoms with van der Waals surface area (Å²) in [4.78, 5) is 13.8. The molecule has 4 nitrogen and oxygen atoms in total. The number of methoxy groups -OCH3 is 1. The quantitative estimate of drug-likeness (QED) is 0.687. The van der Waals surface area contributed by atoms with Crippen LogP contribution in [-0.2, 0) is 9.53 Å². The van der Waals surface area contributed by atoms with Gasteiger partial charge >= 0.3 is 5.97 Å². The second-order valence-corrected chi connectivity index (χ2v) is 4.95. The first-order chi connectivity index (χ1) is 6.83. The highest BCUT2D eigenvalue weighted by Crippen LogP contribution is 2.39. The standard InChI is InChI=1S/C11H21NO3/c1-10(2,9(13)15-4)11(14)5-7-12(3)8-6-11/h14H,5-8H2,1-4H3. The van der Waals surface area contributed by atoms with Crippen LogP contribution < -0.4 is 0 Å². The van der Waals surface area contributed by atoms with Gasteiger partial charge in [0, 0.05) is 13.1 Å². The van der Waals surface area contributed by atoms with Crippen molar-refractivity contribution in [1.29, 1.82) is 0 Å². The highest BCUT2D eigenvalue weighted by molar-refractivity contribution is 5.77. The Morgan fingerprint density at radius 1 is 1.40 bits per heavy atom. The molecule has 0 aromatic heterocycles. The molecule has 0 saturated carbocycles. The number of carbonyl (C=O) groups excluding carboxylic acids is 1. The fourth-order valence-corrected chi connectivity index (χ4v) is 2.06. The van der Waals surface area contributed by atoms with Gasteiger partial charge in [0.05, 0.1) is 18.1 Å². The van der Waals surface area contributed by atoms with Crippen molar-refractivity contribution in [3.63, 3.8) is 0 Å². The molecule has 0 atom stereocenters. The summed E-state index contributed by atoms with van der Waals surface area (Å²) in [5.74, 6) is -0.338. The van der Waals surface area contributed by atoms with Gasteiger partial charge < -0.3 is 14.7 Å². The highest BCUT2D eigenvalue weighted by Gasteiger charge is 2.50. The van der Waals surface area contributed by atoms with Crippen LogP contribution in [0.4, 0.5) is 0 Å². The molecule has 1 fully saturated rings. The average Bonchev–Trinajstić information content (AvgIpc) is 2.21. The number of aliphatic hydroxyl groups is 1. The number of rotatable bonds is 2. The molecule has 0 amide bonds. The Bertz CT molecular complexity index is 242. The lowest BCUT2D eigenvalue weighted by atomic mass is 9.69. The van der Waals surface area contributed by atoms with E-state index in [1.165, 1.54) is 7.11 Å². The number of ether oxygens (including phenoxy) is 1. The summed E-state index contributed by atoms with van der Waals surface area (Å²) in [6.45, 7) is 5.14. The van der Waals surface area contributed by atoms with Gasteiger partial charge in [-0.15, -0.1) is 0 Å². The lowest BCUT2D eigenvalue weighted by molar-refractivity contribution is -0.174. The Balaban J connectivity index is 2.80. The zero-order chi connectivity index (χ0) is 11.7. The van der Waals surface area contributed by atoms with Crippen molar-refractivity contribution in [3.05, 3.63) is 0 Å². The van der Waals surface area contributed by atoms with Crippen molar-refractivity contribution in [2.45, 2.75) is 32.3 Å². The molecule has 0 aromatic rings. The molecule has 15 heavy (non-hydrogen) atoms. The number of nitrogens with zero attached hydrogens (tertiary/aromatic N) is 1. The van der Waals surface area contributed by atoms with Gasteiger partial charge in [-0.3, -0.25) is 4.79 Å². The first kappa shape index (κ1) is 12.5. The molecule has 1 heterocycles. The first-order valence-corrected chi connectivity index (χ1v) is 5.33. The van der Waals surface area contributed by atoms with Gasteiger partial charge in [-0.2, -0.15) is 0 Å². The molecule has 1 rings (SSSR count). The molecule has 1 saturated heterocycles. The number of esters is 1. The Labute approximate surface area is 91.2 Å². The van der Waals surface area contributed by atoms with Gasteiger partial charge in [-0.25, -0.2) is 0 Å². The van der Waals surface area contributed by atoms with Crippen molar-refractivity contribution in [3.8, 4) is 0 Å². The van der Waals surface area contributed by atoms with Gasteiger partial charge in [0.1, 0.15) is 0 Å². The molecule has 1 aliphatic rings. The summed E-state index contributed by atoms with van der Waals surface area (Å²) in [7, 11) is 3.38. The second kappa shape index (κ2) is 4.10. The molecule has 0 spiro atoms. The summed E-state index contributed by atoms with van der Waals surface area (Å²) in [5, 5.41) is 10.5. The van der Waals surface area contributed by atoms with E-state index in [0.29, 0.717) is 12.8 Å². The first-order valence-electron chi connectivity index (χ1n) is 5.33. The number of hydrogen-bond acceptors (Lipinski definition) is 4. The zero-order valence-corrected chi connectivity index (χ0v) is 10.0. The summed E-state index contributed by atoms with van der Waals surface area (Å²) in [6, 6.07) is 0. The third-order valence-electron chi connectivity index (χ3n) is 3.67. The third-order valence-corrected chi connectivity index (χ3v) is 3.67. The molecule has 0 unspecified atom stereocenters. The van der Waals surface area contributed by atoms with Crippen molar-refractivity contribution in [1.82, 2.24) is 4.90 Å². The molecule has 0 aromatic carbocycles. The van der Waals surface area contributed by atoms with Gasteiger partial charge in [-0.05, 0) is 33.7 Å². The predicted molar refractivity (Wildman–Crippen MR) is 57.5 cm³/mol. The van der Waals surface area contributed by atoms with E-state index in [2.05, 4.69) is 4.90 Å². The molecule has 0 bridgehead atoms. The maximum Gasteiger partial charge on any atom is 0.314 e. The Morgan fingerprint density at radius 2 is 1.87 bits per heavy atom. The number of hydrogen-bond donors (Lipinski definition) is 1. The molecule has 0 aliphatic carbocycles. The van der Waals surface area contributed by atoms with E-state index in [4.69, 9.17) is 4.74 Å². The fraction of sp³-hybridized carbons (Fsp3) is 0.909. The maximum absolute atomic E-state index is 11.6. The van der Waals surface area contributed by atoms with E-state index in [9.17, 15) is 9.90 Å². The Morgan fingerprint density at radius 3 is 2.27 bits per heavy atom. The van der Waals surface area contributed by atoms with Crippen molar-refractivity contribution >= 4 is 5.97 Å². The summed E-state index contributed by atoms with van der Waals surface area (Å²) in [6.07, 6.45) is 1.23. The van der Waals surface area contributed by atoms with Gasteiger partial charge in [0.25, 0.3) is 0 Å². The average molecular weight is 215 g/mol. The topological polar surface area (TPSA) is 49.8 Å². The minimum atomic E-state index is -0.938. The Hall–Kier alpha value is -0.610. The fourth-order valence-electron chi connectivity index (χ4n) is 2.06. The van der Waals surface area contributed by atoms with E-state index >= 15 is 0 Å². The molecular formula is C11H21NO3. The second-order valence-electron chi connectivity index (χ2n) is 4.95. The molecule has 88 valence electrons. The van der Waals surface area contributed by atoms with Crippen molar-refractivity contribution in [2.24, 2.45) is 5.41 Å². The number of carbonyl (C=O) groups is 1. The van der Waals surface area contributed by atoms with E-state index in [0.717, 1.165) is 13.1 Å². The van der Waals surface area contributed by atoms with Gasteiger partial charge in [-0.1, -0.05) is 0 Å². The monoisotopic (exact) mass is 215 g/mol. The van der Waals surface area contributed by atoms with Gasteiger partial charge in [0.2, 0.25) is 0 Å². The number of likely N-dealkylation sites (tertiary alicyclic amines) is 1. The van der Waals surface area contributed by atoms with Crippen LogP contribution in [0, 0.1) is 5.41 Å². The zero-order valence-electron chi connectivity index (χ0n) is 10.0. The SMILES string of the molecule is COC(=O)C(C)(C)C1(O)CCN(C)CC1. The molecule has 0 radical (unpaired) electrons. The summed E-state index contributed by atoms with van der Waals surface area (Å²) >= 11 is 0. The Kier molecular flexibility index (Phi) is 3.41. The van der Waals surface area contributed by atoms with Crippen LogP contribution in [0.1, 0.15) is 26.7 Å². The lowest BCUT2D eigenvalue weighted by Crippen LogP contribution is -2.55. The smallest absolute Gasteiger partial charge is 0.314 e.